The maximum Gasteiger partial charge on any atom is 0.328 e. The number of benzene rings is 2. The van der Waals surface area contributed by atoms with Crippen LogP contribution in [0, 0.1) is 10.8 Å². The molecular formula is C22H28Cl2N8O2. The highest BCUT2D eigenvalue weighted by molar-refractivity contribution is 6.31. The van der Waals surface area contributed by atoms with Crippen LogP contribution in [0.4, 0.5) is 21.0 Å². The first kappa shape index (κ1) is 26.7. The molecule has 0 atom stereocenters. The van der Waals surface area contributed by atoms with E-state index in [1.54, 1.807) is 48.5 Å². The van der Waals surface area contributed by atoms with Crippen molar-refractivity contribution in [2.24, 2.45) is 11.5 Å². The van der Waals surface area contributed by atoms with Crippen molar-refractivity contribution < 1.29 is 9.59 Å². The lowest BCUT2D eigenvalue weighted by Gasteiger charge is -2.24. The van der Waals surface area contributed by atoms with Crippen LogP contribution in [0.1, 0.15) is 25.7 Å². The summed E-state index contributed by atoms with van der Waals surface area (Å²) in [5.74, 6) is -0.870. The number of carbonyl (C=O) groups excluding carboxylic acids is 2. The van der Waals surface area contributed by atoms with Crippen LogP contribution in [0.2, 0.25) is 10.0 Å². The van der Waals surface area contributed by atoms with Gasteiger partial charge in [-0.3, -0.25) is 31.3 Å². The molecule has 2 aromatic carbocycles. The standard InChI is InChI=1S/C22H28Cl2N8O2/c23-15-5-9-17(10-6-15)31(21(33)29-19(25)26)13-3-1-2-4-14-32(22(34)30-20(27)28)18-11-7-16(24)8-12-18/h5-12H,1-4,13-14H2,(H4,25,26,29,33)(H4,27,28,30,34). The van der Waals surface area contributed by atoms with Crippen LogP contribution in [-0.4, -0.2) is 37.1 Å². The fourth-order valence-electron chi connectivity index (χ4n) is 3.20. The maximum atomic E-state index is 12.5. The molecule has 0 unspecified atom stereocenters. The van der Waals surface area contributed by atoms with Gasteiger partial charge in [-0.25, -0.2) is 9.59 Å². The number of anilines is 2. The molecule has 10 nitrogen and oxygen atoms in total. The second-order valence-electron chi connectivity index (χ2n) is 7.36. The molecule has 0 heterocycles. The monoisotopic (exact) mass is 506 g/mol. The number of guanidine groups is 2. The fraction of sp³-hybridized carbons (Fsp3) is 0.273. The molecule has 0 radical (unpaired) electrons. The van der Waals surface area contributed by atoms with Crippen molar-refractivity contribution in [3.05, 3.63) is 58.6 Å². The topological polar surface area (TPSA) is 164 Å². The SMILES string of the molecule is N=C(N)NC(=O)N(CCCCCCN(C(=O)NC(=N)N)c1ccc(Cl)cc1)c1ccc(Cl)cc1. The van der Waals surface area contributed by atoms with E-state index < -0.39 is 24.0 Å². The molecule has 0 saturated carbocycles. The average Bonchev–Trinajstić information content (AvgIpc) is 2.76. The van der Waals surface area contributed by atoms with E-state index in [1.807, 2.05) is 0 Å². The predicted molar refractivity (Wildman–Crippen MR) is 137 cm³/mol. The van der Waals surface area contributed by atoms with E-state index in [-0.39, 0.29) is 0 Å². The largest absolute Gasteiger partial charge is 0.370 e. The second-order valence-corrected chi connectivity index (χ2v) is 8.23. The van der Waals surface area contributed by atoms with Crippen LogP contribution in [0.15, 0.2) is 48.5 Å². The molecule has 0 aromatic heterocycles. The minimum atomic E-state index is -0.496. The molecule has 2 rings (SSSR count). The van der Waals surface area contributed by atoms with Crippen molar-refractivity contribution in [2.75, 3.05) is 22.9 Å². The number of unbranched alkanes of at least 4 members (excludes halogenated alkanes) is 3. The molecule has 0 aliphatic carbocycles. The van der Waals surface area contributed by atoms with Gasteiger partial charge in [-0.2, -0.15) is 0 Å². The van der Waals surface area contributed by atoms with E-state index in [4.69, 9.17) is 45.5 Å². The average molecular weight is 507 g/mol. The summed E-state index contributed by atoms with van der Waals surface area (Å²) in [5.41, 5.74) is 11.9. The van der Waals surface area contributed by atoms with E-state index in [2.05, 4.69) is 10.6 Å². The number of amides is 4. The van der Waals surface area contributed by atoms with Gasteiger partial charge >= 0.3 is 12.1 Å². The third-order valence-corrected chi connectivity index (χ3v) is 5.27. The van der Waals surface area contributed by atoms with Crippen molar-refractivity contribution in [2.45, 2.75) is 25.7 Å². The molecule has 8 N–H and O–H groups in total. The zero-order valence-electron chi connectivity index (χ0n) is 18.5. The Morgan fingerprint density at radius 1 is 0.676 bits per heavy atom. The summed E-state index contributed by atoms with van der Waals surface area (Å²) < 4.78 is 0. The summed E-state index contributed by atoms with van der Waals surface area (Å²) in [6, 6.07) is 12.6. The summed E-state index contributed by atoms with van der Waals surface area (Å²) in [6.07, 6.45) is 2.96. The summed E-state index contributed by atoms with van der Waals surface area (Å²) >= 11 is 11.9. The highest BCUT2D eigenvalue weighted by Crippen LogP contribution is 2.21. The van der Waals surface area contributed by atoms with Gasteiger partial charge in [-0.05, 0) is 61.4 Å². The molecule has 0 bridgehead atoms. The number of urea groups is 2. The molecule has 182 valence electrons. The quantitative estimate of drug-likeness (QED) is 0.171. The zero-order chi connectivity index (χ0) is 25.1. The van der Waals surface area contributed by atoms with E-state index >= 15 is 0 Å². The van der Waals surface area contributed by atoms with Gasteiger partial charge in [-0.15, -0.1) is 0 Å². The smallest absolute Gasteiger partial charge is 0.328 e. The fourth-order valence-corrected chi connectivity index (χ4v) is 3.45. The number of nitrogens with two attached hydrogens (primary N) is 2. The lowest BCUT2D eigenvalue weighted by atomic mass is 10.1. The van der Waals surface area contributed by atoms with Crippen LogP contribution < -0.4 is 31.9 Å². The second kappa shape index (κ2) is 13.3. The summed E-state index contributed by atoms with van der Waals surface area (Å²) in [6.45, 7) is 0.818. The summed E-state index contributed by atoms with van der Waals surface area (Å²) in [4.78, 5) is 27.9. The van der Waals surface area contributed by atoms with Gasteiger partial charge < -0.3 is 11.5 Å². The Balaban J connectivity index is 1.91. The van der Waals surface area contributed by atoms with Crippen molar-refractivity contribution in [1.82, 2.24) is 10.6 Å². The van der Waals surface area contributed by atoms with Gasteiger partial charge in [0.15, 0.2) is 11.9 Å². The molecular weight excluding hydrogens is 479 g/mol. The number of carbonyl (C=O) groups is 2. The normalized spacial score (nSPS) is 10.3. The van der Waals surface area contributed by atoms with Crippen molar-refractivity contribution in [3.8, 4) is 0 Å². The molecule has 0 aliphatic heterocycles. The van der Waals surface area contributed by atoms with Crippen LogP contribution in [0.3, 0.4) is 0 Å². The molecule has 12 heteroatoms. The highest BCUT2D eigenvalue weighted by Gasteiger charge is 2.17. The number of hydrogen-bond donors (Lipinski definition) is 6. The third-order valence-electron chi connectivity index (χ3n) is 4.76. The molecule has 0 saturated heterocycles. The summed E-state index contributed by atoms with van der Waals surface area (Å²) in [5, 5.41) is 20.3. The Bertz CT molecular complexity index is 917. The first-order valence-electron chi connectivity index (χ1n) is 10.5. The molecule has 4 amide bonds. The Morgan fingerprint density at radius 3 is 1.29 bits per heavy atom. The van der Waals surface area contributed by atoms with E-state index in [0.29, 0.717) is 47.4 Å². The van der Waals surface area contributed by atoms with Crippen LogP contribution in [0.5, 0.6) is 0 Å². The lowest BCUT2D eigenvalue weighted by Crippen LogP contribution is -2.46. The number of hydrogen-bond acceptors (Lipinski definition) is 4. The number of rotatable bonds is 9. The van der Waals surface area contributed by atoms with Gasteiger partial charge in [0, 0.05) is 34.5 Å². The zero-order valence-corrected chi connectivity index (χ0v) is 20.0. The van der Waals surface area contributed by atoms with Gasteiger partial charge in [0.05, 0.1) is 0 Å². The Labute approximate surface area is 208 Å². The first-order valence-corrected chi connectivity index (χ1v) is 11.3. The van der Waals surface area contributed by atoms with Gasteiger partial charge in [0.1, 0.15) is 0 Å². The van der Waals surface area contributed by atoms with Crippen molar-refractivity contribution in [1.29, 1.82) is 10.8 Å². The minimum Gasteiger partial charge on any atom is -0.370 e. The minimum absolute atomic E-state index is 0.409. The lowest BCUT2D eigenvalue weighted by molar-refractivity contribution is 0.249. The molecule has 0 fully saturated rings. The van der Waals surface area contributed by atoms with Crippen LogP contribution in [0.25, 0.3) is 0 Å². The van der Waals surface area contributed by atoms with Gasteiger partial charge in [-0.1, -0.05) is 36.0 Å². The molecule has 34 heavy (non-hydrogen) atoms. The van der Waals surface area contributed by atoms with E-state index in [9.17, 15) is 9.59 Å². The number of nitrogens with one attached hydrogen (secondary N) is 4. The van der Waals surface area contributed by atoms with Crippen molar-refractivity contribution >= 4 is 58.6 Å². The van der Waals surface area contributed by atoms with E-state index in [0.717, 1.165) is 12.8 Å². The van der Waals surface area contributed by atoms with Gasteiger partial charge in [0.2, 0.25) is 0 Å². The number of halogens is 2. The van der Waals surface area contributed by atoms with Gasteiger partial charge in [0.25, 0.3) is 0 Å². The first-order chi connectivity index (χ1) is 16.2. The van der Waals surface area contributed by atoms with E-state index in [1.165, 1.54) is 9.80 Å². The molecule has 0 spiro atoms. The van der Waals surface area contributed by atoms with Crippen LogP contribution >= 0.6 is 23.2 Å². The predicted octanol–water partition coefficient (Wildman–Crippen LogP) is 4.07. The molecule has 0 aliphatic rings. The highest BCUT2D eigenvalue weighted by atomic mass is 35.5. The Kier molecular flexibility index (Phi) is 10.4. The molecule has 2 aromatic rings. The Hall–Kier alpha value is -3.50. The van der Waals surface area contributed by atoms with Crippen LogP contribution in [-0.2, 0) is 0 Å². The van der Waals surface area contributed by atoms with Crippen molar-refractivity contribution in [3.63, 3.8) is 0 Å². The third kappa shape index (κ3) is 8.80. The Morgan fingerprint density at radius 2 is 1.00 bits per heavy atom. The maximum absolute atomic E-state index is 12.5. The summed E-state index contributed by atoms with van der Waals surface area (Å²) in [7, 11) is 0. The number of nitrogens with zero attached hydrogens (tertiary/aromatic N) is 2.